The third-order valence-corrected chi connectivity index (χ3v) is 4.11. The Bertz CT molecular complexity index is 505. The van der Waals surface area contributed by atoms with Gasteiger partial charge in [-0.05, 0) is 30.9 Å². The predicted molar refractivity (Wildman–Crippen MR) is 77.4 cm³/mol. The summed E-state index contributed by atoms with van der Waals surface area (Å²) in [6, 6.07) is 2.89. The fraction of sp³-hybridized carbons (Fsp3) is 0.533. The number of nitrogens with two attached hydrogens (primary N) is 1. The Morgan fingerprint density at radius 2 is 2.05 bits per heavy atom. The van der Waals surface area contributed by atoms with Crippen LogP contribution in [0.2, 0.25) is 0 Å². The number of aromatic carboxylic acids is 1. The number of halogens is 1. The van der Waals surface area contributed by atoms with E-state index in [1.54, 1.807) is 0 Å². The third-order valence-electron chi connectivity index (χ3n) is 4.11. The van der Waals surface area contributed by atoms with Gasteiger partial charge in [-0.25, -0.2) is 9.18 Å². The number of carbonyl (C=O) groups is 1. The number of anilines is 2. The number of hydrogen-bond acceptors (Lipinski definition) is 3. The van der Waals surface area contributed by atoms with Crippen molar-refractivity contribution in [2.45, 2.75) is 45.1 Å². The average molecular weight is 280 g/mol. The first kappa shape index (κ1) is 14.6. The van der Waals surface area contributed by atoms with Crippen molar-refractivity contribution in [3.8, 4) is 0 Å². The number of nitrogens with one attached hydrogen (secondary N) is 1. The Morgan fingerprint density at radius 3 is 2.75 bits per heavy atom. The van der Waals surface area contributed by atoms with Gasteiger partial charge in [0.15, 0.2) is 0 Å². The van der Waals surface area contributed by atoms with E-state index in [1.165, 1.54) is 25.0 Å². The summed E-state index contributed by atoms with van der Waals surface area (Å²) in [6.07, 6.45) is 5.66. The zero-order chi connectivity index (χ0) is 14.7. The molecule has 1 aliphatic rings. The summed E-state index contributed by atoms with van der Waals surface area (Å²) in [4.78, 5) is 11.3. The van der Waals surface area contributed by atoms with E-state index < -0.39 is 11.8 Å². The lowest BCUT2D eigenvalue weighted by atomic mass is 9.96. The van der Waals surface area contributed by atoms with Crippen LogP contribution in [0.15, 0.2) is 12.1 Å². The Labute approximate surface area is 118 Å². The van der Waals surface area contributed by atoms with Gasteiger partial charge in [-0.1, -0.05) is 26.2 Å². The quantitative estimate of drug-likeness (QED) is 0.585. The molecule has 0 aromatic heterocycles. The molecule has 0 aliphatic heterocycles. The second-order valence-corrected chi connectivity index (χ2v) is 5.55. The Hall–Kier alpha value is -1.78. The summed E-state index contributed by atoms with van der Waals surface area (Å²) < 4.78 is 13.4. The number of carboxylic acids is 1. The van der Waals surface area contributed by atoms with E-state index in [0.717, 1.165) is 19.3 Å². The molecule has 0 amide bonds. The second-order valence-electron chi connectivity index (χ2n) is 5.55. The van der Waals surface area contributed by atoms with Crippen LogP contribution < -0.4 is 11.1 Å². The van der Waals surface area contributed by atoms with E-state index in [4.69, 9.17) is 5.73 Å². The first-order chi connectivity index (χ1) is 9.50. The lowest BCUT2D eigenvalue weighted by Gasteiger charge is -2.25. The standard InChI is InChI=1S/C15H21FN2O2/c1-9-5-3-2-4-6-11(9)18-12-8-7-10(16)14(17)13(12)15(19)20/h7-9,11,18H,2-6,17H2,1H3,(H,19,20). The number of benzene rings is 1. The van der Waals surface area contributed by atoms with E-state index in [-0.39, 0.29) is 17.3 Å². The van der Waals surface area contributed by atoms with Crippen LogP contribution in [0.5, 0.6) is 0 Å². The number of nitrogen functional groups attached to an aromatic ring is 1. The maximum atomic E-state index is 13.4. The van der Waals surface area contributed by atoms with Crippen LogP contribution in [0.1, 0.15) is 49.4 Å². The van der Waals surface area contributed by atoms with E-state index in [9.17, 15) is 14.3 Å². The molecule has 1 aromatic carbocycles. The number of carboxylic acid groups (broad SMARTS) is 1. The lowest BCUT2D eigenvalue weighted by Crippen LogP contribution is -2.27. The minimum Gasteiger partial charge on any atom is -0.478 e. The molecule has 1 fully saturated rings. The van der Waals surface area contributed by atoms with E-state index in [2.05, 4.69) is 12.2 Å². The van der Waals surface area contributed by atoms with Crippen LogP contribution >= 0.6 is 0 Å². The molecule has 2 unspecified atom stereocenters. The SMILES string of the molecule is CC1CCCCCC1Nc1ccc(F)c(N)c1C(=O)O. The summed E-state index contributed by atoms with van der Waals surface area (Å²) in [6.45, 7) is 2.16. The highest BCUT2D eigenvalue weighted by molar-refractivity contribution is 6.00. The second kappa shape index (κ2) is 6.11. The van der Waals surface area contributed by atoms with Crippen LogP contribution in [0.4, 0.5) is 15.8 Å². The molecule has 2 atom stereocenters. The van der Waals surface area contributed by atoms with Crippen LogP contribution in [0.25, 0.3) is 0 Å². The summed E-state index contributed by atoms with van der Waals surface area (Å²) >= 11 is 0. The molecule has 5 heteroatoms. The molecule has 0 heterocycles. The lowest BCUT2D eigenvalue weighted by molar-refractivity contribution is 0.0698. The first-order valence-electron chi connectivity index (χ1n) is 7.08. The average Bonchev–Trinajstić information content (AvgIpc) is 2.59. The summed E-state index contributed by atoms with van der Waals surface area (Å²) in [5, 5.41) is 12.5. The van der Waals surface area contributed by atoms with Crippen molar-refractivity contribution < 1.29 is 14.3 Å². The monoisotopic (exact) mass is 280 g/mol. The highest BCUT2D eigenvalue weighted by atomic mass is 19.1. The minimum absolute atomic E-state index is 0.165. The summed E-state index contributed by atoms with van der Waals surface area (Å²) in [5.74, 6) is -1.43. The van der Waals surface area contributed by atoms with Gasteiger partial charge in [-0.3, -0.25) is 0 Å². The van der Waals surface area contributed by atoms with Crippen molar-refractivity contribution in [2.24, 2.45) is 5.92 Å². The van der Waals surface area contributed by atoms with Gasteiger partial charge in [0.1, 0.15) is 11.4 Å². The first-order valence-corrected chi connectivity index (χ1v) is 7.08. The zero-order valence-corrected chi connectivity index (χ0v) is 11.7. The molecule has 0 saturated heterocycles. The Kier molecular flexibility index (Phi) is 4.47. The fourth-order valence-corrected chi connectivity index (χ4v) is 2.85. The minimum atomic E-state index is -1.20. The predicted octanol–water partition coefficient (Wildman–Crippen LogP) is 3.49. The van der Waals surface area contributed by atoms with Crippen LogP contribution in [0, 0.1) is 11.7 Å². The topological polar surface area (TPSA) is 75.3 Å². The van der Waals surface area contributed by atoms with Crippen LogP contribution in [-0.2, 0) is 0 Å². The molecule has 4 nitrogen and oxygen atoms in total. The van der Waals surface area contributed by atoms with Crippen molar-refractivity contribution in [3.05, 3.63) is 23.5 Å². The van der Waals surface area contributed by atoms with Crippen molar-refractivity contribution in [3.63, 3.8) is 0 Å². The Morgan fingerprint density at radius 1 is 1.35 bits per heavy atom. The molecular formula is C15H21FN2O2. The van der Waals surface area contributed by atoms with Crippen molar-refractivity contribution in [1.82, 2.24) is 0 Å². The van der Waals surface area contributed by atoms with E-state index >= 15 is 0 Å². The molecule has 4 N–H and O–H groups in total. The summed E-state index contributed by atoms with van der Waals surface area (Å²) in [7, 11) is 0. The van der Waals surface area contributed by atoms with Crippen molar-refractivity contribution in [1.29, 1.82) is 0 Å². The molecular weight excluding hydrogens is 259 g/mol. The fourth-order valence-electron chi connectivity index (χ4n) is 2.85. The molecule has 0 radical (unpaired) electrons. The third kappa shape index (κ3) is 3.03. The Balaban J connectivity index is 2.28. The molecule has 1 aliphatic carbocycles. The summed E-state index contributed by atoms with van der Waals surface area (Å²) in [5.41, 5.74) is 5.50. The smallest absolute Gasteiger partial charge is 0.340 e. The molecule has 2 rings (SSSR count). The van der Waals surface area contributed by atoms with Crippen LogP contribution in [-0.4, -0.2) is 17.1 Å². The number of hydrogen-bond donors (Lipinski definition) is 3. The normalized spacial score (nSPS) is 23.1. The molecule has 0 bridgehead atoms. The van der Waals surface area contributed by atoms with Crippen LogP contribution in [0.3, 0.4) is 0 Å². The van der Waals surface area contributed by atoms with E-state index in [1.807, 2.05) is 0 Å². The molecule has 0 spiro atoms. The van der Waals surface area contributed by atoms with Gasteiger partial charge in [0, 0.05) is 6.04 Å². The van der Waals surface area contributed by atoms with Gasteiger partial charge in [-0.2, -0.15) is 0 Å². The maximum absolute atomic E-state index is 13.4. The van der Waals surface area contributed by atoms with Crippen molar-refractivity contribution in [2.75, 3.05) is 11.1 Å². The van der Waals surface area contributed by atoms with Gasteiger partial charge >= 0.3 is 5.97 Å². The molecule has 110 valence electrons. The molecule has 20 heavy (non-hydrogen) atoms. The van der Waals surface area contributed by atoms with E-state index in [0.29, 0.717) is 11.6 Å². The highest BCUT2D eigenvalue weighted by Crippen LogP contribution is 2.30. The largest absolute Gasteiger partial charge is 0.478 e. The number of rotatable bonds is 3. The highest BCUT2D eigenvalue weighted by Gasteiger charge is 2.23. The molecule has 1 saturated carbocycles. The molecule has 1 aromatic rings. The van der Waals surface area contributed by atoms with Gasteiger partial charge in [0.25, 0.3) is 0 Å². The van der Waals surface area contributed by atoms with Gasteiger partial charge in [0.05, 0.1) is 11.4 Å². The zero-order valence-electron chi connectivity index (χ0n) is 11.7. The van der Waals surface area contributed by atoms with Gasteiger partial charge in [0.2, 0.25) is 0 Å². The maximum Gasteiger partial charge on any atom is 0.340 e. The van der Waals surface area contributed by atoms with Gasteiger partial charge < -0.3 is 16.2 Å². The van der Waals surface area contributed by atoms with Crippen molar-refractivity contribution >= 4 is 17.3 Å². The van der Waals surface area contributed by atoms with Gasteiger partial charge in [-0.15, -0.1) is 0 Å².